The Labute approximate surface area is 245 Å². The number of nitrogens with one attached hydrogen (secondary N) is 1. The van der Waals surface area contributed by atoms with Crippen molar-refractivity contribution in [3.05, 3.63) is 95.6 Å². The average Bonchev–Trinajstić information content (AvgIpc) is 3.55. The van der Waals surface area contributed by atoms with Crippen LogP contribution in [0.2, 0.25) is 0 Å². The summed E-state index contributed by atoms with van der Waals surface area (Å²) in [5.74, 6) is -1.55. The predicted octanol–water partition coefficient (Wildman–Crippen LogP) is 3.87. The number of carboxylic acids is 1. The molecule has 2 amide bonds. The zero-order chi connectivity index (χ0) is 29.3. The van der Waals surface area contributed by atoms with E-state index in [1.54, 1.807) is 0 Å². The standard InChI is InChI=1S/C33H35N3O6/c1-32(30(38)39)21-36(17-18-42-32)29(37)33(15-16-35(22-33)19-23-9-3-2-4-10-23)34-31(40)41-20-28-26-13-7-5-11-24(26)25-12-6-8-14-27(25)28/h2-14,28H,15-22H2,1H3,(H,34,40)(H,38,39). The lowest BCUT2D eigenvalue weighted by molar-refractivity contribution is -0.178. The van der Waals surface area contributed by atoms with E-state index in [9.17, 15) is 19.5 Å². The van der Waals surface area contributed by atoms with Crippen LogP contribution in [0.15, 0.2) is 78.9 Å². The third-order valence-corrected chi connectivity index (χ3v) is 8.71. The second kappa shape index (κ2) is 11.2. The Morgan fingerprint density at radius 3 is 2.24 bits per heavy atom. The maximum Gasteiger partial charge on any atom is 0.408 e. The molecule has 1 aliphatic carbocycles. The van der Waals surface area contributed by atoms with E-state index in [1.165, 1.54) is 11.8 Å². The van der Waals surface area contributed by atoms with Gasteiger partial charge in [0.2, 0.25) is 5.91 Å². The number of ether oxygens (including phenoxy) is 2. The van der Waals surface area contributed by atoms with Crippen molar-refractivity contribution in [2.75, 3.05) is 39.4 Å². The fourth-order valence-electron chi connectivity index (χ4n) is 6.50. The first kappa shape index (κ1) is 27.9. The number of hydrogen-bond donors (Lipinski definition) is 2. The molecule has 0 aromatic heterocycles. The molecular weight excluding hydrogens is 534 g/mol. The van der Waals surface area contributed by atoms with Crippen molar-refractivity contribution in [1.82, 2.24) is 15.1 Å². The molecule has 3 aliphatic rings. The van der Waals surface area contributed by atoms with Crippen molar-refractivity contribution in [3.8, 4) is 11.1 Å². The molecule has 2 unspecified atom stereocenters. The second-order valence-corrected chi connectivity index (χ2v) is 11.6. The van der Waals surface area contributed by atoms with Crippen LogP contribution in [0, 0.1) is 0 Å². The van der Waals surface area contributed by atoms with Crippen LogP contribution in [0.3, 0.4) is 0 Å². The summed E-state index contributed by atoms with van der Waals surface area (Å²) >= 11 is 0. The summed E-state index contributed by atoms with van der Waals surface area (Å²) < 4.78 is 11.4. The number of nitrogens with zero attached hydrogens (tertiary/aromatic N) is 2. The van der Waals surface area contributed by atoms with E-state index in [1.807, 2.05) is 54.6 Å². The molecule has 0 saturated carbocycles. The molecule has 2 saturated heterocycles. The van der Waals surface area contributed by atoms with E-state index in [2.05, 4.69) is 34.5 Å². The molecule has 6 rings (SSSR count). The van der Waals surface area contributed by atoms with Gasteiger partial charge in [0, 0.05) is 32.1 Å². The fraction of sp³-hybridized carbons (Fsp3) is 0.364. The van der Waals surface area contributed by atoms with Crippen molar-refractivity contribution in [2.45, 2.75) is 36.9 Å². The number of rotatable bonds is 7. The number of hydrogen-bond acceptors (Lipinski definition) is 6. The van der Waals surface area contributed by atoms with Crippen molar-refractivity contribution in [2.24, 2.45) is 0 Å². The third-order valence-electron chi connectivity index (χ3n) is 8.71. The Morgan fingerprint density at radius 2 is 1.57 bits per heavy atom. The number of carbonyl (C=O) groups excluding carboxylic acids is 2. The molecule has 0 radical (unpaired) electrons. The number of fused-ring (bicyclic) bond motifs is 3. The predicted molar refractivity (Wildman–Crippen MR) is 156 cm³/mol. The largest absolute Gasteiger partial charge is 0.479 e. The van der Waals surface area contributed by atoms with Gasteiger partial charge in [0.15, 0.2) is 5.60 Å². The van der Waals surface area contributed by atoms with Gasteiger partial charge in [0.1, 0.15) is 12.1 Å². The van der Waals surface area contributed by atoms with Crippen molar-refractivity contribution >= 4 is 18.0 Å². The van der Waals surface area contributed by atoms with Gasteiger partial charge >= 0.3 is 12.1 Å². The molecule has 2 heterocycles. The van der Waals surface area contributed by atoms with Crippen LogP contribution in [0.25, 0.3) is 11.1 Å². The minimum atomic E-state index is -1.51. The van der Waals surface area contributed by atoms with Crippen LogP contribution < -0.4 is 5.32 Å². The van der Waals surface area contributed by atoms with Crippen LogP contribution in [0.4, 0.5) is 4.79 Å². The lowest BCUT2D eigenvalue weighted by Crippen LogP contribution is -2.65. The molecule has 2 N–H and O–H groups in total. The maximum atomic E-state index is 14.1. The summed E-state index contributed by atoms with van der Waals surface area (Å²) in [4.78, 5) is 43.1. The average molecular weight is 570 g/mol. The SMILES string of the molecule is CC1(C(=O)O)CN(C(=O)C2(NC(=O)OCC3c4ccccc4-c4ccccc43)CCN(Cc3ccccc3)C2)CCO1. The first-order valence-electron chi connectivity index (χ1n) is 14.3. The monoisotopic (exact) mass is 569 g/mol. The quantitative estimate of drug-likeness (QED) is 0.445. The summed E-state index contributed by atoms with van der Waals surface area (Å²) in [6, 6.07) is 26.2. The van der Waals surface area contributed by atoms with Gasteiger partial charge in [0.25, 0.3) is 0 Å². The number of carboxylic acid groups (broad SMARTS) is 1. The molecule has 3 aromatic carbocycles. The highest BCUT2D eigenvalue weighted by atomic mass is 16.5. The van der Waals surface area contributed by atoms with Gasteiger partial charge in [-0.05, 0) is 41.2 Å². The molecule has 2 atom stereocenters. The minimum Gasteiger partial charge on any atom is -0.479 e. The van der Waals surface area contributed by atoms with Gasteiger partial charge in [0.05, 0.1) is 13.2 Å². The van der Waals surface area contributed by atoms with Crippen LogP contribution >= 0.6 is 0 Å². The van der Waals surface area contributed by atoms with E-state index >= 15 is 0 Å². The van der Waals surface area contributed by atoms with Crippen molar-refractivity contribution in [1.29, 1.82) is 0 Å². The van der Waals surface area contributed by atoms with Gasteiger partial charge in [-0.15, -0.1) is 0 Å². The van der Waals surface area contributed by atoms with Gasteiger partial charge < -0.3 is 24.8 Å². The molecule has 0 bridgehead atoms. The topological polar surface area (TPSA) is 108 Å². The van der Waals surface area contributed by atoms with Crippen LogP contribution in [-0.2, 0) is 25.6 Å². The van der Waals surface area contributed by atoms with E-state index < -0.39 is 23.2 Å². The molecule has 218 valence electrons. The number of likely N-dealkylation sites (tertiary alicyclic amines) is 1. The number of morpholine rings is 1. The second-order valence-electron chi connectivity index (χ2n) is 11.6. The number of amides is 2. The van der Waals surface area contributed by atoms with Crippen molar-refractivity contribution < 1.29 is 29.0 Å². The summed E-state index contributed by atoms with van der Waals surface area (Å²) in [6.45, 7) is 3.34. The third kappa shape index (κ3) is 5.26. The van der Waals surface area contributed by atoms with Gasteiger partial charge in [-0.1, -0.05) is 78.9 Å². The van der Waals surface area contributed by atoms with Crippen molar-refractivity contribution in [3.63, 3.8) is 0 Å². The first-order valence-corrected chi connectivity index (χ1v) is 14.3. The normalized spacial score (nSPS) is 23.7. The molecular formula is C33H35N3O6. The molecule has 2 fully saturated rings. The van der Waals surface area contributed by atoms with E-state index in [4.69, 9.17) is 9.47 Å². The number of alkyl carbamates (subject to hydrolysis) is 1. The zero-order valence-corrected chi connectivity index (χ0v) is 23.6. The first-order chi connectivity index (χ1) is 20.3. The highest BCUT2D eigenvalue weighted by Gasteiger charge is 2.51. The molecule has 3 aromatic rings. The highest BCUT2D eigenvalue weighted by Crippen LogP contribution is 2.44. The smallest absolute Gasteiger partial charge is 0.408 e. The number of carbonyl (C=O) groups is 3. The Bertz CT molecular complexity index is 1450. The van der Waals surface area contributed by atoms with Crippen LogP contribution in [0.5, 0.6) is 0 Å². The zero-order valence-electron chi connectivity index (χ0n) is 23.6. The van der Waals surface area contributed by atoms with Gasteiger partial charge in [-0.25, -0.2) is 9.59 Å². The van der Waals surface area contributed by atoms with E-state index in [0.29, 0.717) is 19.5 Å². The number of benzene rings is 3. The summed E-state index contributed by atoms with van der Waals surface area (Å²) in [5.41, 5.74) is 2.81. The molecule has 2 aliphatic heterocycles. The minimum absolute atomic E-state index is 0.100. The lowest BCUT2D eigenvalue weighted by Gasteiger charge is -2.41. The maximum absolute atomic E-state index is 14.1. The summed E-state index contributed by atoms with van der Waals surface area (Å²) in [7, 11) is 0. The lowest BCUT2D eigenvalue weighted by atomic mass is 9.94. The van der Waals surface area contributed by atoms with Crippen LogP contribution in [0.1, 0.15) is 36.0 Å². The highest BCUT2D eigenvalue weighted by molar-refractivity contribution is 5.91. The number of aliphatic carboxylic acids is 1. The van der Waals surface area contributed by atoms with Crippen LogP contribution in [-0.4, -0.2) is 83.4 Å². The Hall–Kier alpha value is -4.21. The Morgan fingerprint density at radius 1 is 0.929 bits per heavy atom. The van der Waals surface area contributed by atoms with Gasteiger partial charge in [-0.3, -0.25) is 9.69 Å². The summed E-state index contributed by atoms with van der Waals surface area (Å²) in [5, 5.41) is 12.7. The van der Waals surface area contributed by atoms with E-state index in [-0.39, 0.29) is 44.7 Å². The molecule has 0 spiro atoms. The molecule has 9 heteroatoms. The van der Waals surface area contributed by atoms with Gasteiger partial charge in [-0.2, -0.15) is 0 Å². The summed E-state index contributed by atoms with van der Waals surface area (Å²) in [6.07, 6.45) is -0.287. The van der Waals surface area contributed by atoms with E-state index in [0.717, 1.165) is 27.8 Å². The molecule has 42 heavy (non-hydrogen) atoms. The Kier molecular flexibility index (Phi) is 7.47. The molecule has 9 nitrogen and oxygen atoms in total. The Balaban J connectivity index is 1.20. The fourth-order valence-corrected chi connectivity index (χ4v) is 6.50.